The topological polar surface area (TPSA) is 90.7 Å². The summed E-state index contributed by atoms with van der Waals surface area (Å²) in [6, 6.07) is 2.32. The number of carbonyl (C=O) groups is 1. The summed E-state index contributed by atoms with van der Waals surface area (Å²) >= 11 is 0. The molecule has 114 valence electrons. The molecule has 1 aromatic rings. The molecule has 0 spiro atoms. The van der Waals surface area contributed by atoms with Crippen LogP contribution in [0.2, 0.25) is 0 Å². The number of nitrogens with one attached hydrogen (secondary N) is 2. The minimum absolute atomic E-state index is 0.0233. The molecule has 0 radical (unpaired) electrons. The Bertz CT molecular complexity index is 534. The van der Waals surface area contributed by atoms with Crippen molar-refractivity contribution in [1.29, 1.82) is 5.26 Å². The van der Waals surface area contributed by atoms with Crippen molar-refractivity contribution in [3.63, 3.8) is 0 Å². The van der Waals surface area contributed by atoms with Gasteiger partial charge < -0.3 is 10.6 Å². The van der Waals surface area contributed by atoms with Crippen LogP contribution in [0.3, 0.4) is 0 Å². The Hall–Kier alpha value is -2.16. The van der Waals surface area contributed by atoms with E-state index in [4.69, 9.17) is 0 Å². The van der Waals surface area contributed by atoms with Gasteiger partial charge in [0.1, 0.15) is 11.6 Å². The molecule has 0 aliphatic carbocycles. The predicted molar refractivity (Wildman–Crippen MR) is 81.9 cm³/mol. The molecule has 0 aliphatic heterocycles. The maximum Gasteiger partial charge on any atom is 0.221 e. The molecule has 1 heterocycles. The third-order valence-electron chi connectivity index (χ3n) is 3.05. The number of aromatic nitrogens is 2. The van der Waals surface area contributed by atoms with Gasteiger partial charge in [0.25, 0.3) is 0 Å². The first-order valence-electron chi connectivity index (χ1n) is 7.35. The minimum atomic E-state index is -0.0233. The Balaban J connectivity index is 2.76. The smallest absolute Gasteiger partial charge is 0.221 e. The van der Waals surface area contributed by atoms with E-state index in [9.17, 15) is 10.1 Å². The SMILES string of the molecule is CCc1nnc(NCCC(=O)NC(C)C)c(C#N)c1CC. The highest BCUT2D eigenvalue weighted by atomic mass is 16.1. The Morgan fingerprint density at radius 1 is 1.29 bits per heavy atom. The Morgan fingerprint density at radius 3 is 2.52 bits per heavy atom. The van der Waals surface area contributed by atoms with Crippen LogP contribution >= 0.6 is 0 Å². The van der Waals surface area contributed by atoms with Crippen molar-refractivity contribution < 1.29 is 4.79 Å². The molecule has 6 heteroatoms. The summed E-state index contributed by atoms with van der Waals surface area (Å²) < 4.78 is 0. The summed E-state index contributed by atoms with van der Waals surface area (Å²) in [4.78, 5) is 11.6. The molecule has 0 saturated heterocycles. The number of hydrogen-bond donors (Lipinski definition) is 2. The molecular weight excluding hydrogens is 266 g/mol. The zero-order valence-corrected chi connectivity index (χ0v) is 13.2. The third-order valence-corrected chi connectivity index (χ3v) is 3.05. The summed E-state index contributed by atoms with van der Waals surface area (Å²) in [5.41, 5.74) is 2.33. The number of aryl methyl sites for hydroxylation is 1. The van der Waals surface area contributed by atoms with E-state index in [2.05, 4.69) is 26.9 Å². The fourth-order valence-electron chi connectivity index (χ4n) is 2.11. The zero-order valence-electron chi connectivity index (χ0n) is 13.2. The molecule has 0 fully saturated rings. The molecule has 0 aromatic carbocycles. The lowest BCUT2D eigenvalue weighted by Gasteiger charge is -2.12. The van der Waals surface area contributed by atoms with Crippen molar-refractivity contribution in [2.24, 2.45) is 0 Å². The first kappa shape index (κ1) is 16.9. The summed E-state index contributed by atoms with van der Waals surface area (Å²) in [6.45, 7) is 8.25. The number of hydrogen-bond acceptors (Lipinski definition) is 5. The standard InChI is InChI=1S/C15H23N5O/c1-5-11-12(9-16)15(20-19-13(11)6-2)17-8-7-14(21)18-10(3)4/h10H,5-8H2,1-4H3,(H,17,20)(H,18,21). The first-order chi connectivity index (χ1) is 10.0. The third kappa shape index (κ3) is 4.71. The van der Waals surface area contributed by atoms with E-state index in [0.717, 1.165) is 24.1 Å². The van der Waals surface area contributed by atoms with E-state index in [1.165, 1.54) is 0 Å². The number of nitrogens with zero attached hydrogens (tertiary/aromatic N) is 3. The quantitative estimate of drug-likeness (QED) is 0.798. The van der Waals surface area contributed by atoms with Crippen molar-refractivity contribution in [3.8, 4) is 6.07 Å². The molecule has 6 nitrogen and oxygen atoms in total. The van der Waals surface area contributed by atoms with E-state index in [1.807, 2.05) is 27.7 Å². The molecule has 0 atom stereocenters. The van der Waals surface area contributed by atoms with E-state index in [1.54, 1.807) is 0 Å². The van der Waals surface area contributed by atoms with Gasteiger partial charge in [-0.3, -0.25) is 4.79 Å². The largest absolute Gasteiger partial charge is 0.367 e. The highest BCUT2D eigenvalue weighted by Gasteiger charge is 2.14. The van der Waals surface area contributed by atoms with Crippen LogP contribution in [0.5, 0.6) is 0 Å². The molecule has 1 aromatic heterocycles. The van der Waals surface area contributed by atoms with Crippen molar-refractivity contribution in [2.45, 2.75) is 53.0 Å². The molecule has 0 bridgehead atoms. The number of rotatable bonds is 7. The molecule has 1 amide bonds. The van der Waals surface area contributed by atoms with Crippen molar-refractivity contribution >= 4 is 11.7 Å². The maximum absolute atomic E-state index is 11.6. The molecule has 0 saturated carbocycles. The zero-order chi connectivity index (χ0) is 15.8. The first-order valence-corrected chi connectivity index (χ1v) is 7.35. The molecule has 0 unspecified atom stereocenters. The van der Waals surface area contributed by atoms with E-state index in [0.29, 0.717) is 24.3 Å². The van der Waals surface area contributed by atoms with Crippen molar-refractivity contribution in [1.82, 2.24) is 15.5 Å². The van der Waals surface area contributed by atoms with Gasteiger partial charge in [0, 0.05) is 19.0 Å². The second-order valence-corrected chi connectivity index (χ2v) is 5.07. The Kier molecular flexibility index (Phi) is 6.60. The van der Waals surface area contributed by atoms with E-state index in [-0.39, 0.29) is 11.9 Å². The lowest BCUT2D eigenvalue weighted by atomic mass is 10.0. The average Bonchev–Trinajstić information content (AvgIpc) is 2.45. The van der Waals surface area contributed by atoms with Gasteiger partial charge in [0.2, 0.25) is 5.91 Å². The van der Waals surface area contributed by atoms with Gasteiger partial charge in [0.05, 0.1) is 5.69 Å². The second kappa shape index (κ2) is 8.20. The summed E-state index contributed by atoms with van der Waals surface area (Å²) in [7, 11) is 0. The van der Waals surface area contributed by atoms with E-state index >= 15 is 0 Å². The molecule has 21 heavy (non-hydrogen) atoms. The van der Waals surface area contributed by atoms with Crippen LogP contribution in [0, 0.1) is 11.3 Å². The average molecular weight is 289 g/mol. The lowest BCUT2D eigenvalue weighted by molar-refractivity contribution is -0.121. The number of carbonyl (C=O) groups excluding carboxylic acids is 1. The van der Waals surface area contributed by atoms with Crippen LogP contribution < -0.4 is 10.6 Å². The van der Waals surface area contributed by atoms with Crippen LogP contribution in [-0.2, 0) is 17.6 Å². The van der Waals surface area contributed by atoms with Gasteiger partial charge in [-0.05, 0) is 32.3 Å². The van der Waals surface area contributed by atoms with Gasteiger partial charge >= 0.3 is 0 Å². The summed E-state index contributed by atoms with van der Waals surface area (Å²) in [5, 5.41) is 23.4. The fourth-order valence-corrected chi connectivity index (χ4v) is 2.11. The Morgan fingerprint density at radius 2 is 2.00 bits per heavy atom. The molecule has 0 aliphatic rings. The second-order valence-electron chi connectivity index (χ2n) is 5.07. The Labute approximate surface area is 126 Å². The maximum atomic E-state index is 11.6. The fraction of sp³-hybridized carbons (Fsp3) is 0.600. The van der Waals surface area contributed by atoms with Gasteiger partial charge in [-0.1, -0.05) is 13.8 Å². The number of anilines is 1. The van der Waals surface area contributed by atoms with Gasteiger partial charge in [0.15, 0.2) is 5.82 Å². The van der Waals surface area contributed by atoms with Crippen LogP contribution in [-0.4, -0.2) is 28.7 Å². The highest BCUT2D eigenvalue weighted by molar-refractivity contribution is 5.76. The molecule has 2 N–H and O–H groups in total. The number of nitriles is 1. The van der Waals surface area contributed by atoms with Crippen LogP contribution in [0.4, 0.5) is 5.82 Å². The molecular formula is C15H23N5O. The summed E-state index contributed by atoms with van der Waals surface area (Å²) in [6.07, 6.45) is 1.83. The van der Waals surface area contributed by atoms with Gasteiger partial charge in [-0.2, -0.15) is 10.4 Å². The lowest BCUT2D eigenvalue weighted by Crippen LogP contribution is -2.31. The van der Waals surface area contributed by atoms with Crippen LogP contribution in [0.25, 0.3) is 0 Å². The van der Waals surface area contributed by atoms with Crippen LogP contribution in [0.1, 0.15) is 50.9 Å². The van der Waals surface area contributed by atoms with Gasteiger partial charge in [-0.25, -0.2) is 0 Å². The minimum Gasteiger partial charge on any atom is -0.367 e. The normalized spacial score (nSPS) is 10.3. The van der Waals surface area contributed by atoms with Crippen LogP contribution in [0.15, 0.2) is 0 Å². The number of amides is 1. The molecule has 1 rings (SSSR count). The van der Waals surface area contributed by atoms with E-state index < -0.39 is 0 Å². The monoisotopic (exact) mass is 289 g/mol. The predicted octanol–water partition coefficient (Wildman–Crippen LogP) is 1.80. The van der Waals surface area contributed by atoms with Crippen molar-refractivity contribution in [3.05, 3.63) is 16.8 Å². The van der Waals surface area contributed by atoms with Crippen molar-refractivity contribution in [2.75, 3.05) is 11.9 Å². The summed E-state index contributed by atoms with van der Waals surface area (Å²) in [5.74, 6) is 0.439. The highest BCUT2D eigenvalue weighted by Crippen LogP contribution is 2.19. The van der Waals surface area contributed by atoms with Gasteiger partial charge in [-0.15, -0.1) is 5.10 Å².